The highest BCUT2D eigenvalue weighted by atomic mass is 32.2. The molecular formula is C23H30N6O5S. The zero-order valence-electron chi connectivity index (χ0n) is 19.8. The Morgan fingerprint density at radius 1 is 1.17 bits per heavy atom. The van der Waals surface area contributed by atoms with Crippen LogP contribution in [-0.2, 0) is 20.2 Å². The molecule has 3 N–H and O–H groups in total. The fourth-order valence-corrected chi connectivity index (χ4v) is 5.04. The minimum absolute atomic E-state index is 0.183. The lowest BCUT2D eigenvalue weighted by molar-refractivity contribution is -0.121. The monoisotopic (exact) mass is 502 g/mol. The summed E-state index contributed by atoms with van der Waals surface area (Å²) in [6, 6.07) is 6.53. The Kier molecular flexibility index (Phi) is 7.22. The zero-order chi connectivity index (χ0) is 25.1. The van der Waals surface area contributed by atoms with Crippen molar-refractivity contribution in [3.8, 4) is 5.88 Å². The lowest BCUT2D eigenvalue weighted by Crippen LogP contribution is -2.53. The molecular weight excluding hydrogens is 472 g/mol. The minimum atomic E-state index is -3.27. The second-order valence-corrected chi connectivity index (χ2v) is 10.8. The first-order chi connectivity index (χ1) is 16.7. The van der Waals surface area contributed by atoms with Crippen LogP contribution in [0.3, 0.4) is 0 Å². The summed E-state index contributed by atoms with van der Waals surface area (Å²) in [5, 5.41) is 5.30. The maximum atomic E-state index is 13.1. The second-order valence-electron chi connectivity index (χ2n) is 9.00. The Morgan fingerprint density at radius 3 is 2.49 bits per heavy atom. The van der Waals surface area contributed by atoms with Gasteiger partial charge in [0.2, 0.25) is 21.8 Å². The van der Waals surface area contributed by atoms with E-state index in [-0.39, 0.29) is 17.1 Å². The number of aromatic nitrogens is 2. The Labute approximate surface area is 204 Å². The van der Waals surface area contributed by atoms with E-state index in [1.807, 2.05) is 24.3 Å². The van der Waals surface area contributed by atoms with Crippen LogP contribution in [0.15, 0.2) is 36.7 Å². The number of anilines is 2. The summed E-state index contributed by atoms with van der Waals surface area (Å²) < 4.78 is 30.7. The third kappa shape index (κ3) is 5.88. The van der Waals surface area contributed by atoms with E-state index in [0.29, 0.717) is 25.4 Å². The Hall–Kier alpha value is -3.25. The SMILES string of the molecule is COc1cnc(NC(=O)N[C@@H]2CCCN(c3ccc(C4(CNS(C)(=O)=O)CCC4)cc3)C2=O)cn1. The van der Waals surface area contributed by atoms with Gasteiger partial charge >= 0.3 is 6.03 Å². The number of hydrogen-bond acceptors (Lipinski definition) is 7. The molecule has 2 aliphatic rings. The number of sulfonamides is 1. The van der Waals surface area contributed by atoms with Crippen molar-refractivity contribution in [2.24, 2.45) is 0 Å². The molecule has 2 aromatic rings. The smallest absolute Gasteiger partial charge is 0.321 e. The molecule has 1 aromatic carbocycles. The van der Waals surface area contributed by atoms with Crippen LogP contribution in [0, 0.1) is 0 Å². The van der Waals surface area contributed by atoms with Crippen LogP contribution in [0.4, 0.5) is 16.3 Å². The molecule has 1 aliphatic heterocycles. The maximum Gasteiger partial charge on any atom is 0.321 e. The van der Waals surface area contributed by atoms with Crippen LogP contribution in [0.25, 0.3) is 0 Å². The van der Waals surface area contributed by atoms with Crippen LogP contribution in [0.1, 0.15) is 37.7 Å². The molecule has 1 aliphatic carbocycles. The topological polar surface area (TPSA) is 143 Å². The summed E-state index contributed by atoms with van der Waals surface area (Å²) in [5.41, 5.74) is 1.60. The fraction of sp³-hybridized carbons (Fsp3) is 0.478. The number of carbonyl (C=O) groups excluding carboxylic acids is 2. The predicted octanol–water partition coefficient (Wildman–Crippen LogP) is 1.77. The summed E-state index contributed by atoms with van der Waals surface area (Å²) in [6.07, 6.45) is 8.08. The predicted molar refractivity (Wildman–Crippen MR) is 131 cm³/mol. The van der Waals surface area contributed by atoms with Crippen LogP contribution in [-0.4, -0.2) is 62.8 Å². The molecule has 4 rings (SSSR count). The number of nitrogens with one attached hydrogen (secondary N) is 3. The Balaban J connectivity index is 1.39. The van der Waals surface area contributed by atoms with Crippen molar-refractivity contribution in [3.63, 3.8) is 0 Å². The number of rotatable bonds is 8. The molecule has 2 heterocycles. The summed E-state index contributed by atoms with van der Waals surface area (Å²) >= 11 is 0. The van der Waals surface area contributed by atoms with Gasteiger partial charge in [0.1, 0.15) is 6.04 Å². The number of methoxy groups -OCH3 is 1. The van der Waals surface area contributed by atoms with Crippen molar-refractivity contribution < 1.29 is 22.7 Å². The van der Waals surface area contributed by atoms with Crippen molar-refractivity contribution in [2.45, 2.75) is 43.6 Å². The molecule has 12 heteroatoms. The highest BCUT2D eigenvalue weighted by Crippen LogP contribution is 2.43. The van der Waals surface area contributed by atoms with E-state index < -0.39 is 22.1 Å². The number of carbonyl (C=O) groups is 2. The van der Waals surface area contributed by atoms with E-state index in [9.17, 15) is 18.0 Å². The molecule has 0 bridgehead atoms. The van der Waals surface area contributed by atoms with Crippen molar-refractivity contribution in [1.29, 1.82) is 0 Å². The van der Waals surface area contributed by atoms with Gasteiger partial charge in [-0.3, -0.25) is 10.1 Å². The Morgan fingerprint density at radius 2 is 1.91 bits per heavy atom. The van der Waals surface area contributed by atoms with E-state index in [1.54, 1.807) is 4.90 Å². The molecule has 1 saturated heterocycles. The lowest BCUT2D eigenvalue weighted by atomic mass is 9.64. The van der Waals surface area contributed by atoms with Gasteiger partial charge in [0.25, 0.3) is 0 Å². The van der Waals surface area contributed by atoms with Crippen LogP contribution >= 0.6 is 0 Å². The third-order valence-electron chi connectivity index (χ3n) is 6.60. The molecule has 35 heavy (non-hydrogen) atoms. The van der Waals surface area contributed by atoms with E-state index in [0.717, 1.165) is 36.9 Å². The standard InChI is InChI=1S/C23H30N6O5S/c1-34-20-14-24-19(13-25-20)28-22(31)27-18-5-3-12-29(21(18)30)17-8-6-16(7-9-17)23(10-4-11-23)15-26-35(2,32)33/h6-9,13-14,18,26H,3-5,10-12,15H2,1-2H3,(H2,24,27,28,31)/t18-/m1/s1. The highest BCUT2D eigenvalue weighted by Gasteiger charge is 2.39. The normalized spacial score (nSPS) is 19.5. The van der Waals surface area contributed by atoms with Crippen molar-refractivity contribution in [3.05, 3.63) is 42.2 Å². The van der Waals surface area contributed by atoms with Gasteiger partial charge in [-0.15, -0.1) is 0 Å². The number of benzene rings is 1. The largest absolute Gasteiger partial charge is 0.480 e. The third-order valence-corrected chi connectivity index (χ3v) is 7.27. The first-order valence-corrected chi connectivity index (χ1v) is 13.4. The summed E-state index contributed by atoms with van der Waals surface area (Å²) in [5.74, 6) is 0.390. The van der Waals surface area contributed by atoms with Crippen LogP contribution in [0.5, 0.6) is 5.88 Å². The average molecular weight is 503 g/mol. The molecule has 0 unspecified atom stereocenters. The van der Waals surface area contributed by atoms with E-state index in [4.69, 9.17) is 4.74 Å². The number of nitrogens with zero attached hydrogens (tertiary/aromatic N) is 3. The minimum Gasteiger partial charge on any atom is -0.480 e. The van der Waals surface area contributed by atoms with Gasteiger partial charge < -0.3 is 15.0 Å². The van der Waals surface area contributed by atoms with Gasteiger partial charge in [-0.1, -0.05) is 18.6 Å². The average Bonchev–Trinajstić information content (AvgIpc) is 2.80. The van der Waals surface area contributed by atoms with Gasteiger partial charge in [-0.25, -0.2) is 27.9 Å². The molecule has 0 radical (unpaired) electrons. The molecule has 2 fully saturated rings. The summed E-state index contributed by atoms with van der Waals surface area (Å²) in [4.78, 5) is 35.2. The molecule has 0 spiro atoms. The van der Waals surface area contributed by atoms with Gasteiger partial charge in [0, 0.05) is 24.2 Å². The number of piperidine rings is 1. The van der Waals surface area contributed by atoms with Gasteiger partial charge in [0.05, 0.1) is 25.8 Å². The summed E-state index contributed by atoms with van der Waals surface area (Å²) in [7, 11) is -1.80. The summed E-state index contributed by atoms with van der Waals surface area (Å²) in [6.45, 7) is 0.927. The van der Waals surface area contributed by atoms with Gasteiger partial charge in [0.15, 0.2) is 5.82 Å². The fourth-order valence-electron chi connectivity index (χ4n) is 4.50. The van der Waals surface area contributed by atoms with E-state index in [2.05, 4.69) is 25.3 Å². The lowest BCUT2D eigenvalue weighted by Gasteiger charge is -2.42. The quantitative estimate of drug-likeness (QED) is 0.499. The van der Waals surface area contributed by atoms with Gasteiger partial charge in [-0.2, -0.15) is 0 Å². The van der Waals surface area contributed by atoms with Crippen LogP contribution in [0.2, 0.25) is 0 Å². The van der Waals surface area contributed by atoms with Crippen molar-refractivity contribution in [1.82, 2.24) is 20.0 Å². The molecule has 1 atom stereocenters. The number of hydrogen-bond donors (Lipinski definition) is 3. The Bertz CT molecular complexity index is 1170. The van der Waals surface area contributed by atoms with Crippen molar-refractivity contribution in [2.75, 3.05) is 36.7 Å². The van der Waals surface area contributed by atoms with Crippen LogP contribution < -0.4 is 25.0 Å². The molecule has 1 aromatic heterocycles. The zero-order valence-corrected chi connectivity index (χ0v) is 20.6. The maximum absolute atomic E-state index is 13.1. The molecule has 3 amide bonds. The molecule has 11 nitrogen and oxygen atoms in total. The van der Waals surface area contributed by atoms with Gasteiger partial charge in [-0.05, 0) is 43.4 Å². The van der Waals surface area contributed by atoms with Crippen molar-refractivity contribution >= 4 is 33.5 Å². The van der Waals surface area contributed by atoms with E-state index in [1.165, 1.54) is 25.8 Å². The highest BCUT2D eigenvalue weighted by molar-refractivity contribution is 7.88. The first kappa shape index (κ1) is 24.9. The number of amides is 3. The first-order valence-electron chi connectivity index (χ1n) is 11.5. The molecule has 1 saturated carbocycles. The number of urea groups is 1. The van der Waals surface area contributed by atoms with E-state index >= 15 is 0 Å². The molecule has 188 valence electrons. The second kappa shape index (κ2) is 10.2. The number of ether oxygens (including phenoxy) is 1.